The molecule has 1 atom stereocenters. The highest BCUT2D eigenvalue weighted by molar-refractivity contribution is 7.89. The van der Waals surface area contributed by atoms with Crippen LogP contribution < -0.4 is 9.46 Å². The van der Waals surface area contributed by atoms with Crippen molar-refractivity contribution in [3.63, 3.8) is 0 Å². The molecule has 0 amide bonds. The molecular formula is C20H20ClN5O3S. The lowest BCUT2D eigenvalue weighted by molar-refractivity contribution is 0.408. The highest BCUT2D eigenvalue weighted by Crippen LogP contribution is 2.26. The molecule has 4 aromatic rings. The maximum atomic E-state index is 12.7. The molecule has 0 unspecified atom stereocenters. The number of benzene rings is 2. The minimum absolute atomic E-state index is 0.122. The minimum Gasteiger partial charge on any atom is -0.424 e. The molecule has 0 radical (unpaired) electrons. The maximum Gasteiger partial charge on any atom is 0.322 e. The highest BCUT2D eigenvalue weighted by Gasteiger charge is 2.24. The van der Waals surface area contributed by atoms with Crippen LogP contribution in [0.4, 0.5) is 0 Å². The number of fused-ring (bicyclic) bond motifs is 1. The first kappa shape index (κ1) is 20.4. The van der Waals surface area contributed by atoms with Gasteiger partial charge in [0, 0.05) is 29.3 Å². The fourth-order valence-electron chi connectivity index (χ4n) is 3.16. The van der Waals surface area contributed by atoms with Crippen molar-refractivity contribution in [2.24, 2.45) is 0 Å². The fraction of sp³-hybridized carbons (Fsp3) is 0.200. The van der Waals surface area contributed by atoms with E-state index in [0.717, 1.165) is 10.9 Å². The molecular weight excluding hydrogens is 426 g/mol. The molecule has 156 valence electrons. The van der Waals surface area contributed by atoms with E-state index in [1.54, 1.807) is 11.5 Å². The monoisotopic (exact) mass is 445 g/mol. The molecule has 0 aliphatic heterocycles. The van der Waals surface area contributed by atoms with Gasteiger partial charge in [0.2, 0.25) is 10.0 Å². The van der Waals surface area contributed by atoms with E-state index in [4.69, 9.17) is 16.3 Å². The maximum absolute atomic E-state index is 12.7. The molecule has 8 nitrogen and oxygen atoms in total. The lowest BCUT2D eigenvalue weighted by Gasteiger charge is -2.15. The average Bonchev–Trinajstić information content (AvgIpc) is 3.34. The second-order valence-electron chi connectivity index (χ2n) is 6.71. The molecule has 0 saturated heterocycles. The van der Waals surface area contributed by atoms with Crippen LogP contribution in [0, 0.1) is 0 Å². The van der Waals surface area contributed by atoms with Crippen molar-refractivity contribution in [2.75, 3.05) is 0 Å². The Labute approximate surface area is 178 Å². The van der Waals surface area contributed by atoms with Gasteiger partial charge in [-0.1, -0.05) is 16.7 Å². The molecule has 0 fully saturated rings. The predicted molar refractivity (Wildman–Crippen MR) is 114 cm³/mol. The van der Waals surface area contributed by atoms with Gasteiger partial charge in [0.1, 0.15) is 5.75 Å². The van der Waals surface area contributed by atoms with Crippen LogP contribution in [0.15, 0.2) is 59.6 Å². The summed E-state index contributed by atoms with van der Waals surface area (Å²) in [4.78, 5) is 3.26. The van der Waals surface area contributed by atoms with Gasteiger partial charge in [-0.2, -0.15) is 0 Å². The van der Waals surface area contributed by atoms with Gasteiger partial charge in [-0.05, 0) is 61.7 Å². The van der Waals surface area contributed by atoms with E-state index in [-0.39, 0.29) is 10.9 Å². The highest BCUT2D eigenvalue weighted by atomic mass is 35.5. The Balaban J connectivity index is 1.57. The molecule has 0 aliphatic rings. The van der Waals surface area contributed by atoms with E-state index in [9.17, 15) is 8.42 Å². The van der Waals surface area contributed by atoms with E-state index in [0.29, 0.717) is 23.1 Å². The number of H-pyrrole nitrogens is 1. The summed E-state index contributed by atoms with van der Waals surface area (Å²) < 4.78 is 35.6. The molecule has 0 bridgehead atoms. The normalized spacial score (nSPS) is 12.9. The van der Waals surface area contributed by atoms with Gasteiger partial charge in [-0.15, -0.1) is 5.10 Å². The lowest BCUT2D eigenvalue weighted by Crippen LogP contribution is -2.29. The third-order valence-electron chi connectivity index (χ3n) is 4.64. The Hall–Kier alpha value is -2.88. The van der Waals surface area contributed by atoms with Crippen LogP contribution in [0.3, 0.4) is 0 Å². The van der Waals surface area contributed by atoms with Crippen LogP contribution in [0.2, 0.25) is 5.02 Å². The molecule has 2 aromatic carbocycles. The van der Waals surface area contributed by atoms with Crippen LogP contribution in [0.5, 0.6) is 11.8 Å². The average molecular weight is 446 g/mol. The molecule has 30 heavy (non-hydrogen) atoms. The summed E-state index contributed by atoms with van der Waals surface area (Å²) in [6, 6.07) is 13.3. The summed E-state index contributed by atoms with van der Waals surface area (Å²) in [6.45, 7) is 4.13. The standard InChI is InChI=1S/C20H20ClN5O3S/c1-3-26-19(13(2)25-30(27,28)17-8-5-15(21)6-9-17)23-24-20(26)29-16-7-4-14-10-11-22-18(14)12-16/h4-13,22,25H,3H2,1-2H3/t13-/m1/s1. The van der Waals surface area contributed by atoms with Crippen molar-refractivity contribution < 1.29 is 13.2 Å². The Morgan fingerprint density at radius 3 is 2.67 bits per heavy atom. The van der Waals surface area contributed by atoms with Crippen LogP contribution >= 0.6 is 11.6 Å². The number of nitrogens with one attached hydrogen (secondary N) is 2. The Bertz CT molecular complexity index is 1280. The van der Waals surface area contributed by atoms with Crippen LogP contribution in [-0.4, -0.2) is 28.2 Å². The van der Waals surface area contributed by atoms with E-state index in [1.807, 2.05) is 37.4 Å². The van der Waals surface area contributed by atoms with Crippen molar-refractivity contribution >= 4 is 32.5 Å². The summed E-state index contributed by atoms with van der Waals surface area (Å²) in [5, 5.41) is 9.81. The molecule has 2 aromatic heterocycles. The van der Waals surface area contributed by atoms with Crippen LogP contribution in [-0.2, 0) is 16.6 Å². The molecule has 0 spiro atoms. The summed E-state index contributed by atoms with van der Waals surface area (Å²) in [6.07, 6.45) is 1.86. The summed E-state index contributed by atoms with van der Waals surface area (Å²) in [5.41, 5.74) is 0.944. The molecule has 4 rings (SSSR count). The summed E-state index contributed by atoms with van der Waals surface area (Å²) in [5.74, 6) is 1.05. The number of halogens is 1. The van der Waals surface area contributed by atoms with E-state index < -0.39 is 16.1 Å². The number of sulfonamides is 1. The zero-order valence-corrected chi connectivity index (χ0v) is 17.9. The smallest absolute Gasteiger partial charge is 0.322 e. The van der Waals surface area contributed by atoms with Gasteiger partial charge in [0.25, 0.3) is 0 Å². The van der Waals surface area contributed by atoms with E-state index >= 15 is 0 Å². The van der Waals surface area contributed by atoms with Gasteiger partial charge in [0.05, 0.1) is 10.9 Å². The number of hydrogen-bond acceptors (Lipinski definition) is 5. The number of nitrogens with zero attached hydrogens (tertiary/aromatic N) is 3. The Morgan fingerprint density at radius 2 is 1.93 bits per heavy atom. The third-order valence-corrected chi connectivity index (χ3v) is 6.45. The van der Waals surface area contributed by atoms with Crippen molar-refractivity contribution in [3.05, 3.63) is 65.6 Å². The first-order chi connectivity index (χ1) is 14.4. The van der Waals surface area contributed by atoms with Crippen molar-refractivity contribution in [1.82, 2.24) is 24.5 Å². The number of aromatic amines is 1. The van der Waals surface area contributed by atoms with Crippen molar-refractivity contribution in [3.8, 4) is 11.8 Å². The molecule has 0 aliphatic carbocycles. The Morgan fingerprint density at radius 1 is 1.17 bits per heavy atom. The summed E-state index contributed by atoms with van der Waals surface area (Å²) in [7, 11) is -3.75. The SMILES string of the molecule is CCn1c(Oc2ccc3cc[nH]c3c2)nnc1[C@@H](C)NS(=O)(=O)c1ccc(Cl)cc1. The second-order valence-corrected chi connectivity index (χ2v) is 8.86. The molecule has 0 saturated carbocycles. The second kappa shape index (κ2) is 8.10. The predicted octanol–water partition coefficient (Wildman–Crippen LogP) is 4.26. The zero-order valence-electron chi connectivity index (χ0n) is 16.3. The third kappa shape index (κ3) is 4.04. The molecule has 2 heterocycles. The topological polar surface area (TPSA) is 102 Å². The van der Waals surface area contributed by atoms with Gasteiger partial charge in [0.15, 0.2) is 5.82 Å². The van der Waals surface area contributed by atoms with E-state index in [2.05, 4.69) is 19.9 Å². The van der Waals surface area contributed by atoms with Gasteiger partial charge in [-0.3, -0.25) is 4.57 Å². The van der Waals surface area contributed by atoms with Crippen LogP contribution in [0.25, 0.3) is 10.9 Å². The first-order valence-corrected chi connectivity index (χ1v) is 11.2. The van der Waals surface area contributed by atoms with Crippen molar-refractivity contribution in [1.29, 1.82) is 0 Å². The summed E-state index contributed by atoms with van der Waals surface area (Å²) >= 11 is 5.85. The van der Waals surface area contributed by atoms with Crippen LogP contribution in [0.1, 0.15) is 25.7 Å². The van der Waals surface area contributed by atoms with Crippen molar-refractivity contribution in [2.45, 2.75) is 31.3 Å². The molecule has 10 heteroatoms. The number of ether oxygens (including phenoxy) is 1. The first-order valence-electron chi connectivity index (χ1n) is 9.33. The molecule has 2 N–H and O–H groups in total. The fourth-order valence-corrected chi connectivity index (χ4v) is 4.48. The van der Waals surface area contributed by atoms with Gasteiger partial charge in [-0.25, -0.2) is 13.1 Å². The minimum atomic E-state index is -3.75. The van der Waals surface area contributed by atoms with Gasteiger partial charge < -0.3 is 9.72 Å². The largest absolute Gasteiger partial charge is 0.424 e. The van der Waals surface area contributed by atoms with E-state index in [1.165, 1.54) is 24.3 Å². The lowest BCUT2D eigenvalue weighted by atomic mass is 10.2. The number of hydrogen-bond donors (Lipinski definition) is 2. The number of rotatable bonds is 7. The van der Waals surface area contributed by atoms with Gasteiger partial charge >= 0.3 is 6.01 Å². The Kier molecular flexibility index (Phi) is 5.50. The quantitative estimate of drug-likeness (QED) is 0.442. The zero-order chi connectivity index (χ0) is 21.3. The number of aromatic nitrogens is 4.